The highest BCUT2D eigenvalue weighted by Crippen LogP contribution is 2.35. The fraction of sp³-hybridized carbons (Fsp3) is 0.619. The first-order chi connectivity index (χ1) is 13.1. The number of benzene rings is 1. The van der Waals surface area contributed by atoms with Gasteiger partial charge in [-0.3, -0.25) is 4.79 Å². The molecule has 6 nitrogen and oxygen atoms in total. The number of carbonyl (C=O) groups excluding carboxylic acids is 1. The van der Waals surface area contributed by atoms with Crippen LogP contribution >= 0.6 is 0 Å². The second-order valence-corrected chi connectivity index (χ2v) is 8.38. The van der Waals surface area contributed by atoms with E-state index in [1.807, 2.05) is 26.0 Å². The normalized spacial score (nSPS) is 23.5. The molecular formula is C21H32FN3O3. The van der Waals surface area contributed by atoms with Crippen LogP contribution in [0.1, 0.15) is 45.1 Å². The summed E-state index contributed by atoms with van der Waals surface area (Å²) in [4.78, 5) is 25.7. The molecule has 2 rings (SSSR count). The third kappa shape index (κ3) is 5.67. The van der Waals surface area contributed by atoms with Crippen LogP contribution in [0.15, 0.2) is 24.3 Å². The largest absolute Gasteiger partial charge is 0.465 e. The van der Waals surface area contributed by atoms with Gasteiger partial charge in [-0.1, -0.05) is 26.0 Å². The zero-order chi connectivity index (χ0) is 20.9. The maximum Gasteiger partial charge on any atom is 0.405 e. The third-order valence-corrected chi connectivity index (χ3v) is 5.89. The van der Waals surface area contributed by atoms with E-state index in [-0.39, 0.29) is 29.2 Å². The van der Waals surface area contributed by atoms with E-state index in [0.717, 1.165) is 37.7 Å². The van der Waals surface area contributed by atoms with Crippen LogP contribution < -0.4 is 10.6 Å². The Balaban J connectivity index is 1.99. The molecule has 0 aliphatic heterocycles. The second kappa shape index (κ2) is 9.37. The Bertz CT molecular complexity index is 668. The maximum atomic E-state index is 13.2. The first kappa shape index (κ1) is 22.1. The summed E-state index contributed by atoms with van der Waals surface area (Å²) in [6.07, 6.45) is 3.09. The first-order valence-electron chi connectivity index (χ1n) is 9.85. The second-order valence-electron chi connectivity index (χ2n) is 8.38. The van der Waals surface area contributed by atoms with Crippen molar-refractivity contribution < 1.29 is 19.1 Å². The Labute approximate surface area is 166 Å². The molecule has 1 atom stereocenters. The van der Waals surface area contributed by atoms with Crippen LogP contribution in [0, 0.1) is 11.7 Å². The Morgan fingerprint density at radius 2 is 1.79 bits per heavy atom. The van der Waals surface area contributed by atoms with Crippen LogP contribution in [0.5, 0.6) is 0 Å². The molecule has 0 bridgehead atoms. The van der Waals surface area contributed by atoms with Gasteiger partial charge in [-0.25, -0.2) is 9.18 Å². The number of carboxylic acid groups (broad SMARTS) is 1. The number of likely N-dealkylation sites (N-methyl/N-ethyl adjacent to an activating group) is 1. The molecule has 0 heterocycles. The average Bonchev–Trinajstić information content (AvgIpc) is 2.62. The van der Waals surface area contributed by atoms with Crippen LogP contribution in [0.3, 0.4) is 0 Å². The van der Waals surface area contributed by atoms with Crippen LogP contribution in [0.2, 0.25) is 0 Å². The van der Waals surface area contributed by atoms with Crippen molar-refractivity contribution >= 4 is 12.0 Å². The minimum atomic E-state index is -1.19. The molecule has 1 aromatic carbocycles. The van der Waals surface area contributed by atoms with Crippen molar-refractivity contribution in [2.24, 2.45) is 5.92 Å². The molecule has 2 amide bonds. The molecule has 1 unspecified atom stereocenters. The van der Waals surface area contributed by atoms with Crippen LogP contribution in [-0.2, 0) is 11.2 Å². The molecule has 1 aliphatic rings. The molecule has 0 aromatic heterocycles. The van der Waals surface area contributed by atoms with E-state index >= 15 is 0 Å². The smallest absolute Gasteiger partial charge is 0.405 e. The first-order valence-corrected chi connectivity index (χ1v) is 9.85. The van der Waals surface area contributed by atoms with Gasteiger partial charge in [-0.05, 0) is 69.8 Å². The number of hydrogen-bond donors (Lipinski definition) is 3. The Morgan fingerprint density at radius 1 is 1.21 bits per heavy atom. The summed E-state index contributed by atoms with van der Waals surface area (Å²) in [6, 6.07) is 5.93. The van der Waals surface area contributed by atoms with E-state index < -0.39 is 12.1 Å². The van der Waals surface area contributed by atoms with Crippen LogP contribution in [0.4, 0.5) is 9.18 Å². The van der Waals surface area contributed by atoms with Crippen molar-refractivity contribution in [2.45, 2.75) is 63.6 Å². The zero-order valence-corrected chi connectivity index (χ0v) is 17.2. The molecule has 1 saturated carbocycles. The summed E-state index contributed by atoms with van der Waals surface area (Å²) in [5, 5.41) is 14.3. The fourth-order valence-electron chi connectivity index (χ4n) is 4.02. The molecule has 0 radical (unpaired) electrons. The highest BCUT2D eigenvalue weighted by atomic mass is 19.1. The van der Waals surface area contributed by atoms with Crippen molar-refractivity contribution in [1.82, 2.24) is 15.5 Å². The lowest BCUT2D eigenvalue weighted by atomic mass is 9.74. The predicted octanol–water partition coefficient (Wildman–Crippen LogP) is 3.02. The predicted molar refractivity (Wildman–Crippen MR) is 107 cm³/mol. The van der Waals surface area contributed by atoms with E-state index in [1.165, 1.54) is 12.1 Å². The molecule has 3 N–H and O–H groups in total. The van der Waals surface area contributed by atoms with Gasteiger partial charge in [-0.2, -0.15) is 0 Å². The summed E-state index contributed by atoms with van der Waals surface area (Å²) in [5.74, 6) is -0.624. The zero-order valence-electron chi connectivity index (χ0n) is 17.2. The van der Waals surface area contributed by atoms with E-state index in [4.69, 9.17) is 5.11 Å². The summed E-state index contributed by atoms with van der Waals surface area (Å²) in [5.41, 5.74) is 1.07. The molecule has 28 heavy (non-hydrogen) atoms. The lowest BCUT2D eigenvalue weighted by molar-refractivity contribution is -0.125. The molecule has 0 saturated heterocycles. The number of carbonyl (C=O) groups is 2. The molecule has 1 aromatic rings. The van der Waals surface area contributed by atoms with E-state index in [2.05, 4.69) is 29.6 Å². The van der Waals surface area contributed by atoms with Gasteiger partial charge < -0.3 is 20.6 Å². The summed E-state index contributed by atoms with van der Waals surface area (Å²) >= 11 is 0. The van der Waals surface area contributed by atoms with Crippen molar-refractivity contribution in [3.05, 3.63) is 35.6 Å². The number of nitrogens with one attached hydrogen (secondary N) is 2. The van der Waals surface area contributed by atoms with Gasteiger partial charge >= 0.3 is 6.09 Å². The molecule has 1 aliphatic carbocycles. The van der Waals surface area contributed by atoms with Gasteiger partial charge in [0, 0.05) is 11.6 Å². The maximum absolute atomic E-state index is 13.2. The Morgan fingerprint density at radius 3 is 2.25 bits per heavy atom. The summed E-state index contributed by atoms with van der Waals surface area (Å²) in [7, 11) is 4.13. The lowest BCUT2D eigenvalue weighted by Crippen LogP contribution is -2.55. The minimum absolute atomic E-state index is 0.0319. The van der Waals surface area contributed by atoms with Crippen molar-refractivity contribution in [1.29, 1.82) is 0 Å². The molecular weight excluding hydrogens is 361 g/mol. The molecule has 0 spiro atoms. The van der Waals surface area contributed by atoms with Gasteiger partial charge in [0.15, 0.2) is 0 Å². The third-order valence-electron chi connectivity index (χ3n) is 5.89. The molecule has 156 valence electrons. The topological polar surface area (TPSA) is 81.7 Å². The van der Waals surface area contributed by atoms with Gasteiger partial charge in [0.1, 0.15) is 11.9 Å². The standard InChI is InChI=1S/C21H32FN3O3/c1-14(2)18(24-20(27)28)19(26)23-17-9-11-21(12-10-17,25(3)4)13-15-5-7-16(22)8-6-15/h5-8,14,17-18,24H,9-13H2,1-4H3,(H,23,26)(H,27,28). The number of nitrogens with zero attached hydrogens (tertiary/aromatic N) is 1. The minimum Gasteiger partial charge on any atom is -0.465 e. The summed E-state index contributed by atoms with van der Waals surface area (Å²) < 4.78 is 13.2. The van der Waals surface area contributed by atoms with Gasteiger partial charge in [0.2, 0.25) is 5.91 Å². The number of hydrogen-bond acceptors (Lipinski definition) is 3. The van der Waals surface area contributed by atoms with Crippen molar-refractivity contribution in [2.75, 3.05) is 14.1 Å². The van der Waals surface area contributed by atoms with Crippen LogP contribution in [0.25, 0.3) is 0 Å². The SMILES string of the molecule is CC(C)C(NC(=O)O)C(=O)NC1CCC(Cc2ccc(F)cc2)(N(C)C)CC1. The van der Waals surface area contributed by atoms with Crippen LogP contribution in [-0.4, -0.2) is 53.7 Å². The van der Waals surface area contributed by atoms with Gasteiger partial charge in [0.05, 0.1) is 0 Å². The van der Waals surface area contributed by atoms with Crippen molar-refractivity contribution in [3.8, 4) is 0 Å². The monoisotopic (exact) mass is 393 g/mol. The van der Waals surface area contributed by atoms with E-state index in [9.17, 15) is 14.0 Å². The quantitative estimate of drug-likeness (QED) is 0.665. The fourth-order valence-corrected chi connectivity index (χ4v) is 4.02. The number of rotatable bonds is 7. The average molecular weight is 394 g/mol. The van der Waals surface area contributed by atoms with Crippen molar-refractivity contribution in [3.63, 3.8) is 0 Å². The molecule has 1 fully saturated rings. The molecule has 7 heteroatoms. The Kier molecular flexibility index (Phi) is 7.41. The highest BCUT2D eigenvalue weighted by Gasteiger charge is 2.38. The number of amides is 2. The highest BCUT2D eigenvalue weighted by molar-refractivity contribution is 5.85. The van der Waals surface area contributed by atoms with Gasteiger partial charge in [-0.15, -0.1) is 0 Å². The van der Waals surface area contributed by atoms with Gasteiger partial charge in [0.25, 0.3) is 0 Å². The Hall–Kier alpha value is -2.15. The van der Waals surface area contributed by atoms with E-state index in [1.54, 1.807) is 0 Å². The van der Waals surface area contributed by atoms with E-state index in [0.29, 0.717) is 0 Å². The summed E-state index contributed by atoms with van der Waals surface area (Å²) in [6.45, 7) is 3.64. The lowest BCUT2D eigenvalue weighted by Gasteiger charge is -2.45. The number of halogens is 1.